The van der Waals surface area contributed by atoms with E-state index in [1.807, 2.05) is 0 Å². The van der Waals surface area contributed by atoms with Gasteiger partial charge in [-0.25, -0.2) is 4.98 Å². The van der Waals surface area contributed by atoms with Crippen LogP contribution in [0.3, 0.4) is 0 Å². The largest absolute Gasteiger partial charge is 0.367 e. The quantitative estimate of drug-likeness (QED) is 0.533. The minimum absolute atomic E-state index is 0.00287. The highest BCUT2D eigenvalue weighted by atomic mass is 16.6. The fourth-order valence-electron chi connectivity index (χ4n) is 0.881. The van der Waals surface area contributed by atoms with Gasteiger partial charge in [-0.1, -0.05) is 0 Å². The lowest BCUT2D eigenvalue weighted by atomic mass is 10.3. The van der Waals surface area contributed by atoms with Gasteiger partial charge >= 0.3 is 5.69 Å². The maximum atomic E-state index is 10.4. The SMILES string of the molecule is CNc1nc(C)ccc1[N+](=O)[O-]. The van der Waals surface area contributed by atoms with Gasteiger partial charge in [0.05, 0.1) is 4.92 Å². The lowest BCUT2D eigenvalue weighted by Gasteiger charge is -2.00. The lowest BCUT2D eigenvalue weighted by Crippen LogP contribution is -1.99. The Hall–Kier alpha value is -1.65. The third-order valence-corrected chi connectivity index (χ3v) is 1.45. The first-order chi connectivity index (χ1) is 5.65. The molecule has 12 heavy (non-hydrogen) atoms. The molecule has 0 saturated carbocycles. The Morgan fingerprint density at radius 1 is 1.58 bits per heavy atom. The normalized spacial score (nSPS) is 9.50. The van der Waals surface area contributed by atoms with E-state index in [2.05, 4.69) is 10.3 Å². The van der Waals surface area contributed by atoms with Gasteiger partial charge in [0.1, 0.15) is 0 Å². The predicted molar refractivity (Wildman–Crippen MR) is 45.2 cm³/mol. The lowest BCUT2D eigenvalue weighted by molar-refractivity contribution is -0.384. The van der Waals surface area contributed by atoms with Gasteiger partial charge in [-0.2, -0.15) is 0 Å². The molecule has 0 bridgehead atoms. The van der Waals surface area contributed by atoms with Crippen LogP contribution in [0.2, 0.25) is 0 Å². The van der Waals surface area contributed by atoms with Crippen LogP contribution in [-0.2, 0) is 0 Å². The van der Waals surface area contributed by atoms with Crippen LogP contribution in [0.25, 0.3) is 0 Å². The summed E-state index contributed by atoms with van der Waals surface area (Å²) in [6.07, 6.45) is 0. The molecule has 0 fully saturated rings. The van der Waals surface area contributed by atoms with Crippen molar-refractivity contribution in [1.29, 1.82) is 0 Å². The predicted octanol–water partition coefficient (Wildman–Crippen LogP) is 1.34. The molecule has 0 aromatic carbocycles. The second-order valence-corrected chi connectivity index (χ2v) is 2.33. The number of nitro groups is 1. The van der Waals surface area contributed by atoms with Gasteiger partial charge in [0.2, 0.25) is 5.82 Å². The van der Waals surface area contributed by atoms with Gasteiger partial charge in [0, 0.05) is 18.8 Å². The number of nitrogens with one attached hydrogen (secondary N) is 1. The van der Waals surface area contributed by atoms with Gasteiger partial charge in [-0.05, 0) is 13.0 Å². The standard InChI is InChI=1S/C7H9N3O2/c1-5-3-4-6(10(11)12)7(8-2)9-5/h3-4H,1-2H3,(H,8,9). The Balaban J connectivity index is 3.20. The van der Waals surface area contributed by atoms with Crippen LogP contribution in [0.15, 0.2) is 12.1 Å². The van der Waals surface area contributed by atoms with Gasteiger partial charge < -0.3 is 5.32 Å². The molecule has 0 aliphatic carbocycles. The molecule has 1 rings (SSSR count). The van der Waals surface area contributed by atoms with E-state index in [9.17, 15) is 10.1 Å². The van der Waals surface area contributed by atoms with Crippen LogP contribution in [0, 0.1) is 17.0 Å². The van der Waals surface area contributed by atoms with Gasteiger partial charge in [-0.3, -0.25) is 10.1 Å². The van der Waals surface area contributed by atoms with E-state index in [4.69, 9.17) is 0 Å². The average molecular weight is 167 g/mol. The van der Waals surface area contributed by atoms with Crippen LogP contribution in [-0.4, -0.2) is 17.0 Å². The van der Waals surface area contributed by atoms with Crippen molar-refractivity contribution in [1.82, 2.24) is 4.98 Å². The fraction of sp³-hybridized carbons (Fsp3) is 0.286. The van der Waals surface area contributed by atoms with Crippen LogP contribution in [0.1, 0.15) is 5.69 Å². The first kappa shape index (κ1) is 8.45. The number of hydrogen-bond donors (Lipinski definition) is 1. The van der Waals surface area contributed by atoms with Crippen LogP contribution >= 0.6 is 0 Å². The smallest absolute Gasteiger partial charge is 0.311 e. The van der Waals surface area contributed by atoms with Gasteiger partial charge in [0.25, 0.3) is 0 Å². The molecule has 0 aliphatic heterocycles. The van der Waals surface area contributed by atoms with Crippen LogP contribution in [0.4, 0.5) is 11.5 Å². The van der Waals surface area contributed by atoms with Crippen molar-refractivity contribution in [2.45, 2.75) is 6.92 Å². The third-order valence-electron chi connectivity index (χ3n) is 1.45. The first-order valence-electron chi connectivity index (χ1n) is 3.45. The molecule has 1 N–H and O–H groups in total. The summed E-state index contributed by atoms with van der Waals surface area (Å²) in [7, 11) is 1.61. The molecule has 0 aliphatic rings. The average Bonchev–Trinajstić information content (AvgIpc) is 2.03. The zero-order valence-electron chi connectivity index (χ0n) is 6.87. The van der Waals surface area contributed by atoms with Gasteiger partial charge in [0.15, 0.2) is 0 Å². The summed E-state index contributed by atoms with van der Waals surface area (Å²) in [5.41, 5.74) is 0.757. The van der Waals surface area contributed by atoms with E-state index >= 15 is 0 Å². The van der Waals surface area contributed by atoms with Crippen molar-refractivity contribution in [3.63, 3.8) is 0 Å². The molecule has 5 nitrogen and oxygen atoms in total. The topological polar surface area (TPSA) is 68.1 Å². The van der Waals surface area contributed by atoms with E-state index in [1.54, 1.807) is 20.0 Å². The number of hydrogen-bond acceptors (Lipinski definition) is 4. The highest BCUT2D eigenvalue weighted by Gasteiger charge is 2.12. The molecular formula is C7H9N3O2. The molecule has 0 radical (unpaired) electrons. The Morgan fingerprint density at radius 3 is 2.75 bits per heavy atom. The van der Waals surface area contributed by atoms with Crippen molar-refractivity contribution >= 4 is 11.5 Å². The molecule has 0 spiro atoms. The van der Waals surface area contributed by atoms with Crippen molar-refractivity contribution < 1.29 is 4.92 Å². The number of pyridine rings is 1. The van der Waals surface area contributed by atoms with Crippen molar-refractivity contribution in [2.75, 3.05) is 12.4 Å². The molecule has 0 atom stereocenters. The number of aromatic nitrogens is 1. The van der Waals surface area contributed by atoms with E-state index in [0.29, 0.717) is 5.82 Å². The van der Waals surface area contributed by atoms with Gasteiger partial charge in [-0.15, -0.1) is 0 Å². The van der Waals surface area contributed by atoms with Crippen molar-refractivity contribution in [2.24, 2.45) is 0 Å². The molecule has 0 saturated heterocycles. The fourth-order valence-corrected chi connectivity index (χ4v) is 0.881. The highest BCUT2D eigenvalue weighted by molar-refractivity contribution is 5.55. The molecule has 64 valence electrons. The number of aryl methyl sites for hydroxylation is 1. The third kappa shape index (κ3) is 1.50. The Morgan fingerprint density at radius 2 is 2.25 bits per heavy atom. The molecule has 1 aromatic heterocycles. The van der Waals surface area contributed by atoms with E-state index in [0.717, 1.165) is 5.69 Å². The van der Waals surface area contributed by atoms with E-state index in [-0.39, 0.29) is 5.69 Å². The monoisotopic (exact) mass is 167 g/mol. The maximum absolute atomic E-state index is 10.4. The Labute approximate surface area is 69.6 Å². The Bertz CT molecular complexity index is 312. The molecular weight excluding hydrogens is 158 g/mol. The highest BCUT2D eigenvalue weighted by Crippen LogP contribution is 2.20. The van der Waals surface area contributed by atoms with Crippen LogP contribution < -0.4 is 5.32 Å². The summed E-state index contributed by atoms with van der Waals surface area (Å²) in [5, 5.41) is 13.1. The first-order valence-corrected chi connectivity index (χ1v) is 3.45. The maximum Gasteiger partial charge on any atom is 0.311 e. The number of rotatable bonds is 2. The summed E-state index contributed by atoms with van der Waals surface area (Å²) in [6, 6.07) is 3.05. The molecule has 1 aromatic rings. The number of anilines is 1. The summed E-state index contributed by atoms with van der Waals surface area (Å²) in [5.74, 6) is 0.306. The van der Waals surface area contributed by atoms with Crippen molar-refractivity contribution in [3.8, 4) is 0 Å². The molecule has 1 heterocycles. The minimum atomic E-state index is -0.460. The molecule has 0 unspecified atom stereocenters. The molecule has 5 heteroatoms. The van der Waals surface area contributed by atoms with E-state index < -0.39 is 4.92 Å². The summed E-state index contributed by atoms with van der Waals surface area (Å²) in [6.45, 7) is 1.78. The van der Waals surface area contributed by atoms with E-state index in [1.165, 1.54) is 6.07 Å². The number of nitrogens with zero attached hydrogens (tertiary/aromatic N) is 2. The summed E-state index contributed by atoms with van der Waals surface area (Å²) < 4.78 is 0. The minimum Gasteiger partial charge on any atom is -0.367 e. The summed E-state index contributed by atoms with van der Waals surface area (Å²) in [4.78, 5) is 13.9. The zero-order chi connectivity index (χ0) is 9.14. The second kappa shape index (κ2) is 3.17. The summed E-state index contributed by atoms with van der Waals surface area (Å²) >= 11 is 0. The Kier molecular flexibility index (Phi) is 2.23. The zero-order valence-corrected chi connectivity index (χ0v) is 6.87. The molecule has 0 amide bonds. The van der Waals surface area contributed by atoms with Crippen molar-refractivity contribution in [3.05, 3.63) is 27.9 Å². The second-order valence-electron chi connectivity index (χ2n) is 2.33. The van der Waals surface area contributed by atoms with Crippen LogP contribution in [0.5, 0.6) is 0 Å².